The van der Waals surface area contributed by atoms with Crippen molar-refractivity contribution in [2.45, 2.75) is 25.0 Å². The molecule has 0 aliphatic carbocycles. The minimum atomic E-state index is -3.79. The second-order valence-corrected chi connectivity index (χ2v) is 7.00. The van der Waals surface area contributed by atoms with Crippen LogP contribution >= 0.6 is 22.3 Å². The summed E-state index contributed by atoms with van der Waals surface area (Å²) in [7, 11) is 1.45. The van der Waals surface area contributed by atoms with Crippen molar-refractivity contribution < 1.29 is 13.2 Å². The number of benzene rings is 1. The van der Waals surface area contributed by atoms with E-state index in [1.54, 1.807) is 10.9 Å². The topological polar surface area (TPSA) is 61.2 Å². The molecule has 1 aromatic heterocycles. The van der Waals surface area contributed by atoms with Crippen molar-refractivity contribution in [2.75, 3.05) is 0 Å². The molecule has 0 bridgehead atoms. The van der Waals surface area contributed by atoms with Crippen LogP contribution in [0.2, 0.25) is 5.02 Å². The fourth-order valence-electron chi connectivity index (χ4n) is 1.57. The van der Waals surface area contributed by atoms with Gasteiger partial charge in [-0.05, 0) is 25.1 Å². The summed E-state index contributed by atoms with van der Waals surface area (Å²) >= 11 is 5.97. The normalized spacial score (nSPS) is 11.6. The molecule has 2 rings (SSSR count). The van der Waals surface area contributed by atoms with Gasteiger partial charge in [-0.3, -0.25) is 4.68 Å². The van der Waals surface area contributed by atoms with Gasteiger partial charge in [-0.2, -0.15) is 5.10 Å². The first kappa shape index (κ1) is 15.2. The number of hydrogen-bond acceptors (Lipinski definition) is 4. The molecule has 1 aromatic carbocycles. The Kier molecular flexibility index (Phi) is 4.57. The standard InChI is InChI=1S/C12H12Cl2N2O3S/c1-2-16-7-9(6-15-16)8-19-12-4-3-10(5-11(12)13)20(14,17)18/h3-7H,2,8H2,1H3. The molecule has 0 saturated heterocycles. The average molecular weight is 335 g/mol. The largest absolute Gasteiger partial charge is 0.487 e. The third-order valence-corrected chi connectivity index (χ3v) is 4.24. The molecular formula is C12H12Cl2N2O3S. The van der Waals surface area contributed by atoms with Crippen LogP contribution in [0.15, 0.2) is 35.5 Å². The number of aryl methyl sites for hydroxylation is 1. The number of rotatable bonds is 5. The van der Waals surface area contributed by atoms with E-state index in [0.717, 1.165) is 12.1 Å². The average Bonchev–Trinajstić information content (AvgIpc) is 2.84. The summed E-state index contributed by atoms with van der Waals surface area (Å²) in [4.78, 5) is -0.0599. The summed E-state index contributed by atoms with van der Waals surface area (Å²) in [5.74, 6) is 0.389. The molecule has 0 atom stereocenters. The van der Waals surface area contributed by atoms with Crippen molar-refractivity contribution in [1.29, 1.82) is 0 Å². The highest BCUT2D eigenvalue weighted by Gasteiger charge is 2.13. The van der Waals surface area contributed by atoms with Crippen molar-refractivity contribution >= 4 is 31.3 Å². The molecule has 0 N–H and O–H groups in total. The molecule has 2 aromatic rings. The van der Waals surface area contributed by atoms with E-state index in [1.165, 1.54) is 18.2 Å². The molecule has 0 aliphatic heterocycles. The molecule has 0 aliphatic rings. The number of aromatic nitrogens is 2. The predicted molar refractivity (Wildman–Crippen MR) is 76.7 cm³/mol. The van der Waals surface area contributed by atoms with Gasteiger partial charge in [0.1, 0.15) is 12.4 Å². The van der Waals surface area contributed by atoms with Crippen molar-refractivity contribution in [3.8, 4) is 5.75 Å². The summed E-state index contributed by atoms with van der Waals surface area (Å²) in [5.41, 5.74) is 0.900. The minimum Gasteiger partial charge on any atom is -0.487 e. The van der Waals surface area contributed by atoms with Gasteiger partial charge in [-0.25, -0.2) is 8.42 Å². The maximum absolute atomic E-state index is 11.2. The van der Waals surface area contributed by atoms with Crippen molar-refractivity contribution in [3.05, 3.63) is 41.2 Å². The monoisotopic (exact) mass is 334 g/mol. The number of ether oxygens (including phenoxy) is 1. The zero-order valence-electron chi connectivity index (χ0n) is 10.6. The van der Waals surface area contributed by atoms with Gasteiger partial charge in [0.15, 0.2) is 0 Å². The number of hydrogen-bond donors (Lipinski definition) is 0. The van der Waals surface area contributed by atoms with Gasteiger partial charge in [0.2, 0.25) is 0 Å². The minimum absolute atomic E-state index is 0.0599. The molecule has 1 heterocycles. The maximum Gasteiger partial charge on any atom is 0.261 e. The van der Waals surface area contributed by atoms with Crippen LogP contribution in [0.1, 0.15) is 12.5 Å². The Hall–Kier alpha value is -1.24. The third kappa shape index (κ3) is 3.65. The maximum atomic E-state index is 11.2. The van der Waals surface area contributed by atoms with Crippen LogP contribution in [0.25, 0.3) is 0 Å². The molecular weight excluding hydrogens is 323 g/mol. The lowest BCUT2D eigenvalue weighted by Crippen LogP contribution is -1.97. The Morgan fingerprint density at radius 3 is 2.70 bits per heavy atom. The Morgan fingerprint density at radius 2 is 2.15 bits per heavy atom. The lowest BCUT2D eigenvalue weighted by molar-refractivity contribution is 0.306. The summed E-state index contributed by atoms with van der Waals surface area (Å²) in [6, 6.07) is 4.08. The third-order valence-electron chi connectivity index (χ3n) is 2.59. The fraction of sp³-hybridized carbons (Fsp3) is 0.250. The van der Waals surface area contributed by atoms with E-state index in [2.05, 4.69) is 5.10 Å². The van der Waals surface area contributed by atoms with Gasteiger partial charge >= 0.3 is 0 Å². The van der Waals surface area contributed by atoms with E-state index in [0.29, 0.717) is 12.4 Å². The molecule has 8 heteroatoms. The Bertz CT molecular complexity index is 713. The van der Waals surface area contributed by atoms with Gasteiger partial charge in [-0.1, -0.05) is 11.6 Å². The molecule has 20 heavy (non-hydrogen) atoms. The lowest BCUT2D eigenvalue weighted by Gasteiger charge is -2.07. The second-order valence-electron chi connectivity index (χ2n) is 4.02. The molecule has 108 valence electrons. The molecule has 0 saturated carbocycles. The Labute approximate surface area is 126 Å². The van der Waals surface area contributed by atoms with Crippen LogP contribution in [0.3, 0.4) is 0 Å². The Morgan fingerprint density at radius 1 is 1.40 bits per heavy atom. The van der Waals surface area contributed by atoms with Gasteiger partial charge in [0.25, 0.3) is 9.05 Å². The molecule has 0 unspecified atom stereocenters. The first-order valence-corrected chi connectivity index (χ1v) is 8.47. The zero-order chi connectivity index (χ0) is 14.8. The van der Waals surface area contributed by atoms with E-state index in [1.807, 2.05) is 13.1 Å². The predicted octanol–water partition coefficient (Wildman–Crippen LogP) is 3.06. The van der Waals surface area contributed by atoms with Crippen molar-refractivity contribution in [1.82, 2.24) is 9.78 Å². The van der Waals surface area contributed by atoms with Gasteiger partial charge < -0.3 is 4.74 Å². The Balaban J connectivity index is 2.10. The molecule has 0 radical (unpaired) electrons. The van der Waals surface area contributed by atoms with Crippen molar-refractivity contribution in [2.24, 2.45) is 0 Å². The van der Waals surface area contributed by atoms with E-state index in [9.17, 15) is 8.42 Å². The second kappa shape index (κ2) is 6.03. The van der Waals surface area contributed by atoms with E-state index >= 15 is 0 Å². The lowest BCUT2D eigenvalue weighted by atomic mass is 10.3. The van der Waals surface area contributed by atoms with Gasteiger partial charge in [0.05, 0.1) is 16.1 Å². The SMILES string of the molecule is CCn1cc(COc2ccc(S(=O)(=O)Cl)cc2Cl)cn1. The van der Waals surface area contributed by atoms with Gasteiger partial charge in [-0.15, -0.1) is 0 Å². The number of halogens is 2. The van der Waals surface area contributed by atoms with E-state index < -0.39 is 9.05 Å². The summed E-state index contributed by atoms with van der Waals surface area (Å²) in [6.45, 7) is 3.07. The van der Waals surface area contributed by atoms with E-state index in [4.69, 9.17) is 27.0 Å². The first-order valence-electron chi connectivity index (χ1n) is 5.78. The zero-order valence-corrected chi connectivity index (χ0v) is 12.9. The number of nitrogens with zero attached hydrogens (tertiary/aromatic N) is 2. The van der Waals surface area contributed by atoms with Gasteiger partial charge in [0, 0.05) is 29.0 Å². The van der Waals surface area contributed by atoms with Crippen molar-refractivity contribution in [3.63, 3.8) is 0 Å². The quantitative estimate of drug-likeness (QED) is 0.788. The highest BCUT2D eigenvalue weighted by atomic mass is 35.7. The smallest absolute Gasteiger partial charge is 0.261 e. The summed E-state index contributed by atoms with van der Waals surface area (Å²) in [6.07, 6.45) is 3.57. The van der Waals surface area contributed by atoms with Crippen LogP contribution < -0.4 is 4.74 Å². The molecule has 0 spiro atoms. The first-order chi connectivity index (χ1) is 9.40. The fourth-order valence-corrected chi connectivity index (χ4v) is 2.64. The van der Waals surface area contributed by atoms with Crippen LogP contribution in [0.5, 0.6) is 5.75 Å². The highest BCUT2D eigenvalue weighted by Crippen LogP contribution is 2.29. The van der Waals surface area contributed by atoms with Crippen LogP contribution in [-0.2, 0) is 22.2 Å². The molecule has 0 fully saturated rings. The molecule has 5 nitrogen and oxygen atoms in total. The van der Waals surface area contributed by atoms with Crippen LogP contribution in [0, 0.1) is 0 Å². The summed E-state index contributed by atoms with van der Waals surface area (Å²) < 4.78 is 29.6. The van der Waals surface area contributed by atoms with E-state index in [-0.39, 0.29) is 9.92 Å². The molecule has 0 amide bonds. The highest BCUT2D eigenvalue weighted by molar-refractivity contribution is 8.13. The van der Waals surface area contributed by atoms with Crippen LogP contribution in [-0.4, -0.2) is 18.2 Å². The summed E-state index contributed by atoms with van der Waals surface area (Å²) in [5, 5.41) is 4.31. The van der Waals surface area contributed by atoms with Crippen LogP contribution in [0.4, 0.5) is 0 Å².